The van der Waals surface area contributed by atoms with Gasteiger partial charge in [-0.25, -0.2) is 0 Å². The highest BCUT2D eigenvalue weighted by Gasteiger charge is 2.15. The maximum absolute atomic E-state index is 12.0. The molecule has 2 rings (SSSR count). The molecule has 0 saturated heterocycles. The fraction of sp³-hybridized carbons (Fsp3) is 0.421. The van der Waals surface area contributed by atoms with Gasteiger partial charge in [0.15, 0.2) is 6.61 Å². The number of nitrogens with one attached hydrogen (secondary N) is 2. The van der Waals surface area contributed by atoms with E-state index in [1.165, 1.54) is 0 Å². The summed E-state index contributed by atoms with van der Waals surface area (Å²) in [6.07, 6.45) is 0.769. The molecule has 7 heteroatoms. The molecule has 0 bridgehead atoms. The van der Waals surface area contributed by atoms with Gasteiger partial charge in [-0.2, -0.15) is 5.10 Å². The number of aromatic nitrogens is 2. The molecule has 1 aromatic heterocycles. The van der Waals surface area contributed by atoms with Crippen molar-refractivity contribution >= 4 is 11.8 Å². The van der Waals surface area contributed by atoms with Crippen molar-refractivity contribution < 1.29 is 14.3 Å². The summed E-state index contributed by atoms with van der Waals surface area (Å²) in [6.45, 7) is 6.75. The molecule has 0 aliphatic rings. The third-order valence-corrected chi connectivity index (χ3v) is 3.83. The van der Waals surface area contributed by atoms with Crippen LogP contribution in [0.2, 0.25) is 0 Å². The summed E-state index contributed by atoms with van der Waals surface area (Å²) in [6, 6.07) is 10.5. The number of ether oxygens (including phenoxy) is 1. The van der Waals surface area contributed by atoms with Crippen molar-refractivity contribution in [2.45, 2.75) is 39.8 Å². The molecule has 1 atom stereocenters. The zero-order valence-electron chi connectivity index (χ0n) is 15.5. The molecule has 0 spiro atoms. The predicted molar refractivity (Wildman–Crippen MR) is 98.9 cm³/mol. The van der Waals surface area contributed by atoms with Gasteiger partial charge in [-0.05, 0) is 45.4 Å². The lowest BCUT2D eigenvalue weighted by molar-refractivity contribution is -0.129. The molecule has 1 aromatic carbocycles. The van der Waals surface area contributed by atoms with E-state index in [1.807, 2.05) is 42.8 Å². The van der Waals surface area contributed by atoms with Crippen molar-refractivity contribution in [3.05, 3.63) is 47.8 Å². The van der Waals surface area contributed by atoms with Crippen LogP contribution in [0.25, 0.3) is 0 Å². The van der Waals surface area contributed by atoms with Crippen LogP contribution in [0.5, 0.6) is 5.75 Å². The molecule has 0 aliphatic carbocycles. The monoisotopic (exact) mass is 358 g/mol. The van der Waals surface area contributed by atoms with Gasteiger partial charge in [-0.1, -0.05) is 18.2 Å². The van der Waals surface area contributed by atoms with Gasteiger partial charge in [0.25, 0.3) is 5.91 Å². The van der Waals surface area contributed by atoms with Gasteiger partial charge in [-0.3, -0.25) is 14.3 Å². The lowest BCUT2D eigenvalue weighted by Gasteiger charge is -2.14. The van der Waals surface area contributed by atoms with E-state index in [1.54, 1.807) is 19.1 Å². The molecule has 2 aromatic rings. The van der Waals surface area contributed by atoms with Crippen molar-refractivity contribution in [1.29, 1.82) is 0 Å². The molecule has 140 valence electrons. The van der Waals surface area contributed by atoms with E-state index in [4.69, 9.17) is 4.74 Å². The first kappa shape index (κ1) is 19.5. The molecule has 0 saturated carbocycles. The number of benzene rings is 1. The topological polar surface area (TPSA) is 85.2 Å². The number of aryl methyl sites for hydroxylation is 3. The highest BCUT2D eigenvalue weighted by molar-refractivity contribution is 5.87. The SMILES string of the molecule is Cc1cc(C)n(CCCNC(=O)[C@H](C)NC(=O)COc2ccccc2)n1. The minimum atomic E-state index is -0.615. The Kier molecular flexibility index (Phi) is 7.20. The fourth-order valence-corrected chi connectivity index (χ4v) is 2.51. The Bertz CT molecular complexity index is 728. The van der Waals surface area contributed by atoms with Crippen LogP contribution in [-0.4, -0.2) is 40.8 Å². The van der Waals surface area contributed by atoms with E-state index in [9.17, 15) is 9.59 Å². The van der Waals surface area contributed by atoms with Crippen LogP contribution in [0.15, 0.2) is 36.4 Å². The van der Waals surface area contributed by atoms with Crippen LogP contribution >= 0.6 is 0 Å². The van der Waals surface area contributed by atoms with Crippen LogP contribution in [-0.2, 0) is 16.1 Å². The Morgan fingerprint density at radius 1 is 1.23 bits per heavy atom. The first-order valence-electron chi connectivity index (χ1n) is 8.71. The van der Waals surface area contributed by atoms with Crippen molar-refractivity contribution in [2.24, 2.45) is 0 Å². The van der Waals surface area contributed by atoms with Crippen molar-refractivity contribution in [1.82, 2.24) is 20.4 Å². The first-order valence-corrected chi connectivity index (χ1v) is 8.71. The highest BCUT2D eigenvalue weighted by Crippen LogP contribution is 2.07. The Morgan fingerprint density at radius 2 is 1.96 bits per heavy atom. The van der Waals surface area contributed by atoms with Gasteiger partial charge in [0.1, 0.15) is 11.8 Å². The fourth-order valence-electron chi connectivity index (χ4n) is 2.51. The minimum absolute atomic E-state index is 0.125. The van der Waals surface area contributed by atoms with E-state index in [0.717, 1.165) is 24.4 Å². The second-order valence-corrected chi connectivity index (χ2v) is 6.19. The summed E-state index contributed by atoms with van der Waals surface area (Å²) in [5.74, 6) is 0.0643. The molecule has 2 amide bonds. The van der Waals surface area contributed by atoms with Gasteiger partial charge in [0.2, 0.25) is 5.91 Å². The zero-order chi connectivity index (χ0) is 18.9. The highest BCUT2D eigenvalue weighted by atomic mass is 16.5. The van der Waals surface area contributed by atoms with E-state index in [2.05, 4.69) is 15.7 Å². The minimum Gasteiger partial charge on any atom is -0.484 e. The van der Waals surface area contributed by atoms with Gasteiger partial charge >= 0.3 is 0 Å². The molecule has 0 unspecified atom stereocenters. The van der Waals surface area contributed by atoms with Crippen LogP contribution in [0, 0.1) is 13.8 Å². The van der Waals surface area contributed by atoms with Crippen molar-refractivity contribution in [3.8, 4) is 5.75 Å². The Labute approximate surface area is 153 Å². The van der Waals surface area contributed by atoms with Gasteiger partial charge in [0.05, 0.1) is 5.69 Å². The first-order chi connectivity index (χ1) is 12.5. The number of rotatable bonds is 9. The van der Waals surface area contributed by atoms with E-state index < -0.39 is 6.04 Å². The molecule has 1 heterocycles. The smallest absolute Gasteiger partial charge is 0.258 e. The summed E-state index contributed by atoms with van der Waals surface area (Å²) in [5, 5.41) is 9.83. The molecule has 7 nitrogen and oxygen atoms in total. The second-order valence-electron chi connectivity index (χ2n) is 6.19. The number of carbonyl (C=O) groups is 2. The zero-order valence-corrected chi connectivity index (χ0v) is 15.5. The molecular formula is C19H26N4O3. The number of nitrogens with zero attached hydrogens (tertiary/aromatic N) is 2. The normalized spacial score (nSPS) is 11.7. The van der Waals surface area contributed by atoms with Gasteiger partial charge in [0, 0.05) is 18.8 Å². The van der Waals surface area contributed by atoms with Gasteiger partial charge < -0.3 is 15.4 Å². The Morgan fingerprint density at radius 3 is 2.62 bits per heavy atom. The Balaban J connectivity index is 1.63. The summed E-state index contributed by atoms with van der Waals surface area (Å²) >= 11 is 0. The lowest BCUT2D eigenvalue weighted by atomic mass is 10.3. The number of carbonyl (C=O) groups excluding carboxylic acids is 2. The van der Waals surface area contributed by atoms with E-state index in [0.29, 0.717) is 12.3 Å². The van der Waals surface area contributed by atoms with E-state index in [-0.39, 0.29) is 18.4 Å². The molecule has 0 aliphatic heterocycles. The summed E-state index contributed by atoms with van der Waals surface area (Å²) in [5.41, 5.74) is 2.09. The average molecular weight is 358 g/mol. The lowest BCUT2D eigenvalue weighted by Crippen LogP contribution is -2.46. The number of para-hydroxylation sites is 1. The molecule has 0 fully saturated rings. The summed E-state index contributed by atoms with van der Waals surface area (Å²) in [4.78, 5) is 23.9. The van der Waals surface area contributed by atoms with Crippen LogP contribution < -0.4 is 15.4 Å². The average Bonchev–Trinajstić information content (AvgIpc) is 2.95. The van der Waals surface area contributed by atoms with Crippen LogP contribution in [0.4, 0.5) is 0 Å². The van der Waals surface area contributed by atoms with Crippen LogP contribution in [0.3, 0.4) is 0 Å². The van der Waals surface area contributed by atoms with Gasteiger partial charge in [-0.15, -0.1) is 0 Å². The third-order valence-electron chi connectivity index (χ3n) is 3.83. The second kappa shape index (κ2) is 9.60. The molecular weight excluding hydrogens is 332 g/mol. The number of amides is 2. The summed E-state index contributed by atoms with van der Waals surface area (Å²) in [7, 11) is 0. The van der Waals surface area contributed by atoms with Crippen molar-refractivity contribution in [3.63, 3.8) is 0 Å². The maximum Gasteiger partial charge on any atom is 0.258 e. The van der Waals surface area contributed by atoms with Crippen molar-refractivity contribution in [2.75, 3.05) is 13.2 Å². The molecule has 26 heavy (non-hydrogen) atoms. The predicted octanol–water partition coefficient (Wildman–Crippen LogP) is 1.59. The molecule has 0 radical (unpaired) electrons. The number of hydrogen-bond acceptors (Lipinski definition) is 4. The standard InChI is InChI=1S/C19H26N4O3/c1-14-12-15(2)23(22-14)11-7-10-20-19(25)16(3)21-18(24)13-26-17-8-5-4-6-9-17/h4-6,8-9,12,16H,7,10-11,13H2,1-3H3,(H,20,25)(H,21,24)/t16-/m0/s1. The molecule has 2 N–H and O–H groups in total. The third kappa shape index (κ3) is 6.23. The van der Waals surface area contributed by atoms with Crippen LogP contribution in [0.1, 0.15) is 24.7 Å². The summed E-state index contributed by atoms with van der Waals surface area (Å²) < 4.78 is 7.28. The Hall–Kier alpha value is -2.83. The maximum atomic E-state index is 12.0. The van der Waals surface area contributed by atoms with E-state index >= 15 is 0 Å². The number of hydrogen-bond donors (Lipinski definition) is 2. The quantitative estimate of drug-likeness (QED) is 0.667. The largest absolute Gasteiger partial charge is 0.484 e.